The monoisotopic (exact) mass is 482 g/mol. The highest BCUT2D eigenvalue weighted by molar-refractivity contribution is 7.89. The lowest BCUT2D eigenvalue weighted by Crippen LogP contribution is -2.38. The van der Waals surface area contributed by atoms with Gasteiger partial charge in [-0.05, 0) is 61.4 Å². The second-order valence-corrected chi connectivity index (χ2v) is 9.83. The molecule has 0 saturated carbocycles. The smallest absolute Gasteiger partial charge is 0.255 e. The van der Waals surface area contributed by atoms with Crippen LogP contribution < -0.4 is 20.7 Å². The van der Waals surface area contributed by atoms with Crippen molar-refractivity contribution >= 4 is 33.2 Å². The number of benzene rings is 2. The summed E-state index contributed by atoms with van der Waals surface area (Å²) in [5.41, 5.74) is 7.26. The van der Waals surface area contributed by atoms with Gasteiger partial charge >= 0.3 is 0 Å². The highest BCUT2D eigenvalue weighted by Gasteiger charge is 2.25. The van der Waals surface area contributed by atoms with Gasteiger partial charge in [0.05, 0.1) is 29.1 Å². The van der Waals surface area contributed by atoms with Gasteiger partial charge in [0, 0.05) is 24.6 Å². The molecule has 2 heterocycles. The van der Waals surface area contributed by atoms with Crippen LogP contribution in [0.5, 0.6) is 0 Å². The fourth-order valence-corrected chi connectivity index (χ4v) is 4.90. The molecule has 3 aromatic rings. The molecule has 10 heteroatoms. The summed E-state index contributed by atoms with van der Waals surface area (Å²) in [6.45, 7) is 1.36. The van der Waals surface area contributed by atoms with Gasteiger partial charge in [-0.3, -0.25) is 9.59 Å². The van der Waals surface area contributed by atoms with Gasteiger partial charge in [0.25, 0.3) is 5.91 Å². The molecule has 1 aromatic heterocycles. The number of carbonyl (C=O) groups excluding carboxylic acids is 2. The van der Waals surface area contributed by atoms with Crippen molar-refractivity contribution in [3.63, 3.8) is 0 Å². The van der Waals surface area contributed by atoms with Crippen molar-refractivity contribution < 1.29 is 22.4 Å². The zero-order valence-corrected chi connectivity index (χ0v) is 19.3. The van der Waals surface area contributed by atoms with E-state index in [0.29, 0.717) is 42.9 Å². The first kappa shape index (κ1) is 23.5. The van der Waals surface area contributed by atoms with Crippen LogP contribution in [0.2, 0.25) is 0 Å². The second-order valence-electron chi connectivity index (χ2n) is 8.06. The van der Waals surface area contributed by atoms with Gasteiger partial charge < -0.3 is 20.4 Å². The molecule has 0 radical (unpaired) electrons. The number of carbonyl (C=O) groups is 2. The first-order valence-electron chi connectivity index (χ1n) is 10.9. The quantitative estimate of drug-likeness (QED) is 0.452. The highest BCUT2D eigenvalue weighted by Crippen LogP contribution is 2.30. The van der Waals surface area contributed by atoms with Crippen LogP contribution in [0.4, 0.5) is 11.4 Å². The lowest BCUT2D eigenvalue weighted by molar-refractivity contribution is -0.122. The van der Waals surface area contributed by atoms with Crippen LogP contribution in [-0.2, 0) is 21.4 Å². The average Bonchev–Trinajstić information content (AvgIpc) is 3.37. The van der Waals surface area contributed by atoms with Crippen molar-refractivity contribution in [2.24, 2.45) is 11.7 Å². The first-order valence-corrected chi connectivity index (χ1v) is 12.4. The molecule has 1 aliphatic rings. The summed E-state index contributed by atoms with van der Waals surface area (Å²) in [7, 11) is -3.75. The molecular formula is C24H26N4O5S. The number of para-hydroxylation sites is 2. The van der Waals surface area contributed by atoms with E-state index in [4.69, 9.17) is 10.2 Å². The van der Waals surface area contributed by atoms with Crippen LogP contribution in [0, 0.1) is 5.92 Å². The predicted octanol–water partition coefficient (Wildman–Crippen LogP) is 2.71. The highest BCUT2D eigenvalue weighted by atomic mass is 32.2. The van der Waals surface area contributed by atoms with Crippen LogP contribution in [0.15, 0.2) is 76.2 Å². The van der Waals surface area contributed by atoms with E-state index in [2.05, 4.69) is 14.9 Å². The Balaban J connectivity index is 1.42. The zero-order chi connectivity index (χ0) is 24.1. The fraction of sp³-hybridized carbons (Fsp3) is 0.250. The Morgan fingerprint density at radius 1 is 1.00 bits per heavy atom. The van der Waals surface area contributed by atoms with Crippen LogP contribution in [0.1, 0.15) is 29.0 Å². The first-order chi connectivity index (χ1) is 16.3. The summed E-state index contributed by atoms with van der Waals surface area (Å²) < 4.78 is 32.6. The van der Waals surface area contributed by atoms with E-state index in [1.165, 1.54) is 30.5 Å². The Morgan fingerprint density at radius 2 is 1.71 bits per heavy atom. The number of nitrogens with two attached hydrogens (primary N) is 1. The third-order valence-corrected chi connectivity index (χ3v) is 7.25. The summed E-state index contributed by atoms with van der Waals surface area (Å²) in [6.07, 6.45) is 2.81. The topological polar surface area (TPSA) is 135 Å². The molecule has 0 bridgehead atoms. The van der Waals surface area contributed by atoms with Crippen LogP contribution in [0.25, 0.3) is 0 Å². The van der Waals surface area contributed by atoms with Crippen molar-refractivity contribution in [1.82, 2.24) is 4.72 Å². The largest absolute Gasteiger partial charge is 0.468 e. The summed E-state index contributed by atoms with van der Waals surface area (Å²) in [5.74, 6) is -0.256. The molecule has 34 heavy (non-hydrogen) atoms. The maximum absolute atomic E-state index is 12.9. The van der Waals surface area contributed by atoms with Gasteiger partial charge in [-0.25, -0.2) is 13.1 Å². The molecule has 0 aliphatic carbocycles. The summed E-state index contributed by atoms with van der Waals surface area (Å²) in [6, 6.07) is 16.5. The molecule has 178 valence electrons. The van der Waals surface area contributed by atoms with Crippen LogP contribution in [0.3, 0.4) is 0 Å². The lowest BCUT2D eigenvalue weighted by Gasteiger charge is -2.33. The average molecular weight is 483 g/mol. The van der Waals surface area contributed by atoms with Crippen molar-refractivity contribution in [1.29, 1.82) is 0 Å². The third-order valence-electron chi connectivity index (χ3n) is 5.83. The van der Waals surface area contributed by atoms with Gasteiger partial charge in [-0.15, -0.1) is 0 Å². The van der Waals surface area contributed by atoms with Gasteiger partial charge in [0.2, 0.25) is 15.9 Å². The minimum Gasteiger partial charge on any atom is -0.468 e. The van der Waals surface area contributed by atoms with E-state index >= 15 is 0 Å². The predicted molar refractivity (Wildman–Crippen MR) is 128 cm³/mol. The molecule has 0 unspecified atom stereocenters. The maximum atomic E-state index is 12.9. The number of nitrogens with one attached hydrogen (secondary N) is 2. The van der Waals surface area contributed by atoms with Crippen molar-refractivity contribution in [2.75, 3.05) is 23.3 Å². The molecule has 9 nitrogen and oxygen atoms in total. The Kier molecular flexibility index (Phi) is 6.99. The molecule has 1 saturated heterocycles. The molecule has 4 rings (SSSR count). The van der Waals surface area contributed by atoms with E-state index < -0.39 is 10.0 Å². The minimum atomic E-state index is -3.75. The Labute approximate surface area is 198 Å². The molecule has 0 spiro atoms. The number of nitrogens with zero attached hydrogens (tertiary/aromatic N) is 1. The van der Waals surface area contributed by atoms with Gasteiger partial charge in [-0.2, -0.15) is 0 Å². The number of hydrogen-bond donors (Lipinski definition) is 3. The second kappa shape index (κ2) is 10.1. The summed E-state index contributed by atoms with van der Waals surface area (Å²) in [5, 5.41) is 2.91. The molecule has 0 atom stereocenters. The van der Waals surface area contributed by atoms with Crippen molar-refractivity contribution in [3.8, 4) is 0 Å². The summed E-state index contributed by atoms with van der Waals surface area (Å²) >= 11 is 0. The SMILES string of the molecule is NC(=O)C1CCN(c2ccccc2NC(=O)c2ccc(S(=O)(=O)NCc3ccco3)cc2)CC1. The summed E-state index contributed by atoms with van der Waals surface area (Å²) in [4.78, 5) is 26.5. The third kappa shape index (κ3) is 5.46. The standard InChI is InChI=1S/C24H26N4O5S/c25-23(29)17-11-13-28(14-12-17)22-6-2-1-5-21(22)27-24(30)18-7-9-20(10-8-18)34(31,32)26-16-19-4-3-15-33-19/h1-10,15,17,26H,11-14,16H2,(H2,25,29)(H,27,30). The number of sulfonamides is 1. The van der Waals surface area contributed by atoms with Crippen LogP contribution >= 0.6 is 0 Å². The molecule has 2 amide bonds. The van der Waals surface area contributed by atoms with E-state index in [0.717, 1.165) is 5.69 Å². The number of hydrogen-bond acceptors (Lipinski definition) is 6. The Morgan fingerprint density at radius 3 is 2.35 bits per heavy atom. The Bertz CT molecular complexity index is 1250. The number of amides is 2. The fourth-order valence-electron chi connectivity index (χ4n) is 3.90. The van der Waals surface area contributed by atoms with E-state index in [1.807, 2.05) is 24.3 Å². The van der Waals surface area contributed by atoms with Crippen molar-refractivity contribution in [3.05, 3.63) is 78.3 Å². The number of anilines is 2. The normalized spacial score (nSPS) is 14.6. The molecule has 2 aromatic carbocycles. The molecule has 4 N–H and O–H groups in total. The van der Waals surface area contributed by atoms with E-state index in [9.17, 15) is 18.0 Å². The van der Waals surface area contributed by atoms with Crippen molar-refractivity contribution in [2.45, 2.75) is 24.3 Å². The Hall–Kier alpha value is -3.63. The maximum Gasteiger partial charge on any atom is 0.255 e. The minimum absolute atomic E-state index is 0.0328. The van der Waals surface area contributed by atoms with Gasteiger partial charge in [0.1, 0.15) is 5.76 Å². The molecular weight excluding hydrogens is 456 g/mol. The number of piperidine rings is 1. The van der Waals surface area contributed by atoms with E-state index in [-0.39, 0.29) is 29.2 Å². The molecule has 1 aliphatic heterocycles. The van der Waals surface area contributed by atoms with Gasteiger partial charge in [-0.1, -0.05) is 12.1 Å². The zero-order valence-electron chi connectivity index (χ0n) is 18.4. The van der Waals surface area contributed by atoms with E-state index in [1.54, 1.807) is 12.1 Å². The number of primary amides is 1. The van der Waals surface area contributed by atoms with Crippen LogP contribution in [-0.4, -0.2) is 33.3 Å². The molecule has 1 fully saturated rings. The number of furan rings is 1. The van der Waals surface area contributed by atoms with Gasteiger partial charge in [0.15, 0.2) is 0 Å². The lowest BCUT2D eigenvalue weighted by atomic mass is 9.96. The number of rotatable bonds is 8.